The third-order valence-electron chi connectivity index (χ3n) is 2.87. The molecule has 0 radical (unpaired) electrons. The number of carboxylic acid groups (broad SMARTS) is 1. The summed E-state index contributed by atoms with van der Waals surface area (Å²) in [7, 11) is 0. The van der Waals surface area contributed by atoms with Crippen molar-refractivity contribution in [2.24, 2.45) is 0 Å². The van der Waals surface area contributed by atoms with Crippen LogP contribution in [0.1, 0.15) is 35.5 Å². The fraction of sp³-hybridized carbons (Fsp3) is 0.200. The number of hydrogen-bond donors (Lipinski definition) is 2. The first kappa shape index (κ1) is 13.9. The highest BCUT2D eigenvalue weighted by atomic mass is 16.4. The topological polar surface area (TPSA) is 75.3 Å². The number of aromatic hydroxyl groups is 1. The van der Waals surface area contributed by atoms with Crippen molar-refractivity contribution in [1.82, 2.24) is 9.78 Å². The molecule has 1 heterocycles. The highest BCUT2D eigenvalue weighted by Crippen LogP contribution is 2.23. The van der Waals surface area contributed by atoms with Gasteiger partial charge in [0.2, 0.25) is 0 Å². The van der Waals surface area contributed by atoms with Gasteiger partial charge in [-0.25, -0.2) is 9.48 Å². The number of carbonyl (C=O) groups is 1. The number of aryl methyl sites for hydroxylation is 1. The fourth-order valence-corrected chi connectivity index (χ4v) is 2.00. The number of aromatic carboxylic acids is 1. The monoisotopic (exact) mass is 272 g/mol. The molecule has 0 saturated heterocycles. The second-order valence-corrected chi connectivity index (χ2v) is 4.85. The molecule has 2 rings (SSSR count). The molecule has 5 nitrogen and oxygen atoms in total. The number of benzene rings is 1. The lowest BCUT2D eigenvalue weighted by Crippen LogP contribution is -2.04. The van der Waals surface area contributed by atoms with Crippen LogP contribution in [0.25, 0.3) is 11.8 Å². The predicted molar refractivity (Wildman–Crippen MR) is 76.3 cm³/mol. The van der Waals surface area contributed by atoms with E-state index in [1.165, 1.54) is 6.20 Å². The van der Waals surface area contributed by atoms with E-state index in [0.717, 1.165) is 16.8 Å². The van der Waals surface area contributed by atoms with Crippen molar-refractivity contribution in [2.45, 2.75) is 20.8 Å². The largest absolute Gasteiger partial charge is 0.508 e. The van der Waals surface area contributed by atoms with Crippen molar-refractivity contribution in [3.8, 4) is 11.4 Å². The van der Waals surface area contributed by atoms with Crippen LogP contribution in [-0.2, 0) is 0 Å². The van der Waals surface area contributed by atoms with Crippen LogP contribution in [0.15, 0.2) is 30.0 Å². The fourth-order valence-electron chi connectivity index (χ4n) is 2.00. The molecule has 5 heteroatoms. The molecule has 1 aromatic heterocycles. The van der Waals surface area contributed by atoms with Gasteiger partial charge in [0.15, 0.2) is 0 Å². The van der Waals surface area contributed by atoms with Gasteiger partial charge in [-0.2, -0.15) is 5.10 Å². The van der Waals surface area contributed by atoms with Crippen LogP contribution in [-0.4, -0.2) is 26.0 Å². The normalized spacial score (nSPS) is 10.3. The van der Waals surface area contributed by atoms with Gasteiger partial charge in [0, 0.05) is 0 Å². The number of allylic oxidation sites excluding steroid dienone is 1. The molecule has 0 spiro atoms. The SMILES string of the molecule is CC(C)=Cc1c(C(=O)O)cnn1-c1ccc(O)cc1C. The van der Waals surface area contributed by atoms with Crippen molar-refractivity contribution >= 4 is 12.0 Å². The molecule has 104 valence electrons. The maximum atomic E-state index is 11.3. The zero-order chi connectivity index (χ0) is 14.9. The molecule has 20 heavy (non-hydrogen) atoms. The van der Waals surface area contributed by atoms with Crippen molar-refractivity contribution in [3.05, 3.63) is 46.8 Å². The number of nitrogens with zero attached hydrogens (tertiary/aromatic N) is 2. The van der Waals surface area contributed by atoms with Crippen molar-refractivity contribution in [1.29, 1.82) is 0 Å². The van der Waals surface area contributed by atoms with E-state index >= 15 is 0 Å². The third-order valence-corrected chi connectivity index (χ3v) is 2.87. The average molecular weight is 272 g/mol. The Morgan fingerprint density at radius 1 is 1.35 bits per heavy atom. The molecule has 0 atom stereocenters. The number of carboxylic acids is 1. The molecule has 2 aromatic rings. The summed E-state index contributed by atoms with van der Waals surface area (Å²) in [5.41, 5.74) is 3.20. The van der Waals surface area contributed by atoms with E-state index in [1.54, 1.807) is 29.0 Å². The Kier molecular flexibility index (Phi) is 3.61. The lowest BCUT2D eigenvalue weighted by Gasteiger charge is -2.09. The van der Waals surface area contributed by atoms with Crippen molar-refractivity contribution in [2.75, 3.05) is 0 Å². The van der Waals surface area contributed by atoms with E-state index in [2.05, 4.69) is 5.10 Å². The minimum atomic E-state index is -1.01. The Labute approximate surface area is 116 Å². The maximum Gasteiger partial charge on any atom is 0.339 e. The minimum absolute atomic E-state index is 0.152. The van der Waals surface area contributed by atoms with Gasteiger partial charge in [-0.05, 0) is 50.6 Å². The van der Waals surface area contributed by atoms with Crippen LogP contribution in [0.2, 0.25) is 0 Å². The van der Waals surface area contributed by atoms with Gasteiger partial charge in [0.1, 0.15) is 11.3 Å². The van der Waals surface area contributed by atoms with E-state index in [4.69, 9.17) is 0 Å². The summed E-state index contributed by atoms with van der Waals surface area (Å²) in [5.74, 6) is -0.846. The second-order valence-electron chi connectivity index (χ2n) is 4.85. The molecular weight excluding hydrogens is 256 g/mol. The van der Waals surface area contributed by atoms with Crippen molar-refractivity contribution < 1.29 is 15.0 Å². The average Bonchev–Trinajstić information content (AvgIpc) is 2.72. The van der Waals surface area contributed by atoms with Crippen LogP contribution in [0.3, 0.4) is 0 Å². The molecular formula is C15H16N2O3. The molecule has 0 fully saturated rings. The standard InChI is InChI=1S/C15H16N2O3/c1-9(2)6-14-12(15(19)20)8-16-17(14)13-5-4-11(18)7-10(13)3/h4-8,18H,1-3H3,(H,19,20). The third kappa shape index (κ3) is 2.56. The van der Waals surface area contributed by atoms with E-state index in [9.17, 15) is 15.0 Å². The van der Waals surface area contributed by atoms with E-state index in [-0.39, 0.29) is 11.3 Å². The summed E-state index contributed by atoms with van der Waals surface area (Å²) < 4.78 is 1.57. The Balaban J connectivity index is 2.68. The predicted octanol–water partition coefficient (Wildman–Crippen LogP) is 3.01. The van der Waals surface area contributed by atoms with E-state index in [0.29, 0.717) is 5.69 Å². The molecule has 0 bridgehead atoms. The summed E-state index contributed by atoms with van der Waals surface area (Å²) in [4.78, 5) is 11.3. The van der Waals surface area contributed by atoms with Crippen LogP contribution in [0, 0.1) is 6.92 Å². The molecule has 2 N–H and O–H groups in total. The van der Waals surface area contributed by atoms with Gasteiger partial charge in [0.25, 0.3) is 0 Å². The summed E-state index contributed by atoms with van der Waals surface area (Å²) in [5, 5.41) is 22.8. The smallest absolute Gasteiger partial charge is 0.339 e. The zero-order valence-electron chi connectivity index (χ0n) is 11.6. The molecule has 0 aliphatic heterocycles. The van der Waals surface area contributed by atoms with Crippen LogP contribution >= 0.6 is 0 Å². The summed E-state index contributed by atoms with van der Waals surface area (Å²) in [6, 6.07) is 4.88. The summed E-state index contributed by atoms with van der Waals surface area (Å²) >= 11 is 0. The molecule has 0 amide bonds. The zero-order valence-corrected chi connectivity index (χ0v) is 11.6. The minimum Gasteiger partial charge on any atom is -0.508 e. The van der Waals surface area contributed by atoms with Gasteiger partial charge in [-0.3, -0.25) is 0 Å². The molecule has 0 aliphatic carbocycles. The van der Waals surface area contributed by atoms with Gasteiger partial charge < -0.3 is 10.2 Å². The summed E-state index contributed by atoms with van der Waals surface area (Å²) in [6.07, 6.45) is 3.12. The highest BCUT2D eigenvalue weighted by Gasteiger charge is 2.17. The van der Waals surface area contributed by atoms with Gasteiger partial charge in [0.05, 0.1) is 17.6 Å². The van der Waals surface area contributed by atoms with Gasteiger partial charge in [-0.15, -0.1) is 0 Å². The lowest BCUT2D eigenvalue weighted by atomic mass is 10.1. The van der Waals surface area contributed by atoms with E-state index in [1.807, 2.05) is 20.8 Å². The first-order valence-electron chi connectivity index (χ1n) is 6.16. The van der Waals surface area contributed by atoms with Gasteiger partial charge in [-0.1, -0.05) is 5.57 Å². The Bertz CT molecular complexity index is 695. The van der Waals surface area contributed by atoms with E-state index < -0.39 is 5.97 Å². The number of phenolic OH excluding ortho intramolecular Hbond substituents is 1. The number of aromatic nitrogens is 2. The molecule has 0 unspecified atom stereocenters. The van der Waals surface area contributed by atoms with Crippen LogP contribution in [0.4, 0.5) is 0 Å². The number of phenols is 1. The highest BCUT2D eigenvalue weighted by molar-refractivity contribution is 5.91. The Hall–Kier alpha value is -2.56. The van der Waals surface area contributed by atoms with Gasteiger partial charge >= 0.3 is 5.97 Å². The Morgan fingerprint density at radius 2 is 2.05 bits per heavy atom. The van der Waals surface area contributed by atoms with Crippen molar-refractivity contribution in [3.63, 3.8) is 0 Å². The number of rotatable bonds is 3. The summed E-state index contributed by atoms with van der Waals surface area (Å²) in [6.45, 7) is 5.63. The van der Waals surface area contributed by atoms with Crippen LogP contribution < -0.4 is 0 Å². The molecule has 1 aromatic carbocycles. The second kappa shape index (κ2) is 5.21. The van der Waals surface area contributed by atoms with Crippen LogP contribution in [0.5, 0.6) is 5.75 Å². The molecule has 0 saturated carbocycles. The maximum absolute atomic E-state index is 11.3. The molecule has 0 aliphatic rings. The lowest BCUT2D eigenvalue weighted by molar-refractivity contribution is 0.0696. The first-order chi connectivity index (χ1) is 9.40. The quantitative estimate of drug-likeness (QED) is 0.900. The Morgan fingerprint density at radius 3 is 2.60 bits per heavy atom. The number of hydrogen-bond acceptors (Lipinski definition) is 3. The first-order valence-corrected chi connectivity index (χ1v) is 6.16.